The number of nitrogens with two attached hydrogens (primary N) is 1. The van der Waals surface area contributed by atoms with Crippen molar-refractivity contribution in [3.05, 3.63) is 34.2 Å². The van der Waals surface area contributed by atoms with Gasteiger partial charge in [0.25, 0.3) is 0 Å². The molecule has 0 bridgehead atoms. The van der Waals surface area contributed by atoms with Gasteiger partial charge < -0.3 is 10.8 Å². The summed E-state index contributed by atoms with van der Waals surface area (Å²) < 4.78 is 13.7. The van der Waals surface area contributed by atoms with Crippen LogP contribution in [0.2, 0.25) is 0 Å². The molecule has 0 unspecified atom stereocenters. The SMILES string of the molecule is Nc1sc(-c2cc(F)ccc2Br)nc1C(=O)O. The van der Waals surface area contributed by atoms with Gasteiger partial charge in [-0.2, -0.15) is 0 Å². The molecule has 0 aliphatic heterocycles. The molecule has 0 aliphatic rings. The van der Waals surface area contributed by atoms with Gasteiger partial charge in [0.1, 0.15) is 15.8 Å². The van der Waals surface area contributed by atoms with Crippen LogP contribution in [-0.4, -0.2) is 16.1 Å². The third-order valence-electron chi connectivity index (χ3n) is 2.01. The second kappa shape index (κ2) is 4.42. The molecule has 3 N–H and O–H groups in total. The van der Waals surface area contributed by atoms with Gasteiger partial charge in [0, 0.05) is 10.0 Å². The fourth-order valence-corrected chi connectivity index (χ4v) is 2.68. The van der Waals surface area contributed by atoms with E-state index in [0.717, 1.165) is 11.3 Å². The van der Waals surface area contributed by atoms with Crippen LogP contribution >= 0.6 is 27.3 Å². The molecule has 0 radical (unpaired) electrons. The van der Waals surface area contributed by atoms with Crippen LogP contribution in [-0.2, 0) is 0 Å². The molecule has 1 aromatic heterocycles. The minimum absolute atomic E-state index is 0.101. The number of nitrogen functional groups attached to an aromatic ring is 1. The van der Waals surface area contributed by atoms with Gasteiger partial charge in [-0.15, -0.1) is 0 Å². The van der Waals surface area contributed by atoms with Crippen molar-refractivity contribution in [1.29, 1.82) is 0 Å². The highest BCUT2D eigenvalue weighted by molar-refractivity contribution is 9.10. The number of aromatic carboxylic acids is 1. The zero-order valence-electron chi connectivity index (χ0n) is 8.28. The number of halogens is 2. The average Bonchev–Trinajstić information content (AvgIpc) is 2.64. The number of rotatable bonds is 2. The van der Waals surface area contributed by atoms with Gasteiger partial charge in [-0.05, 0) is 18.2 Å². The second-order valence-corrected chi connectivity index (χ2v) is 5.05. The summed E-state index contributed by atoms with van der Waals surface area (Å²) in [5.74, 6) is -1.62. The van der Waals surface area contributed by atoms with E-state index in [2.05, 4.69) is 20.9 Å². The number of carboxylic acid groups (broad SMARTS) is 1. The van der Waals surface area contributed by atoms with E-state index < -0.39 is 11.8 Å². The molecule has 0 atom stereocenters. The normalized spacial score (nSPS) is 10.5. The number of nitrogens with zero attached hydrogens (tertiary/aromatic N) is 1. The van der Waals surface area contributed by atoms with Crippen molar-refractivity contribution in [3.8, 4) is 10.6 Å². The van der Waals surface area contributed by atoms with Crippen LogP contribution in [0.1, 0.15) is 10.5 Å². The Bertz CT molecular complexity index is 600. The Kier molecular flexibility index (Phi) is 3.12. The molecule has 0 saturated carbocycles. The van der Waals surface area contributed by atoms with E-state index in [4.69, 9.17) is 10.8 Å². The Balaban J connectivity index is 2.57. The van der Waals surface area contributed by atoms with Crippen LogP contribution in [0.25, 0.3) is 10.6 Å². The molecule has 0 amide bonds. The maximum absolute atomic E-state index is 13.1. The number of benzene rings is 1. The lowest BCUT2D eigenvalue weighted by Crippen LogP contribution is -2.00. The monoisotopic (exact) mass is 316 g/mol. The minimum Gasteiger partial charge on any atom is -0.476 e. The highest BCUT2D eigenvalue weighted by Crippen LogP contribution is 2.34. The number of hydrogen-bond acceptors (Lipinski definition) is 4. The number of carboxylic acids is 1. The maximum atomic E-state index is 13.1. The molecule has 0 aliphatic carbocycles. The molecule has 0 spiro atoms. The molecule has 0 fully saturated rings. The van der Waals surface area contributed by atoms with Crippen LogP contribution < -0.4 is 5.73 Å². The van der Waals surface area contributed by atoms with Gasteiger partial charge in [-0.3, -0.25) is 0 Å². The molecule has 2 rings (SSSR count). The van der Waals surface area contributed by atoms with Gasteiger partial charge >= 0.3 is 5.97 Å². The Hall–Kier alpha value is -1.47. The topological polar surface area (TPSA) is 76.2 Å². The van der Waals surface area contributed by atoms with Gasteiger partial charge in [-0.25, -0.2) is 14.2 Å². The average molecular weight is 317 g/mol. The number of thiazole rings is 1. The van der Waals surface area contributed by atoms with E-state index in [0.29, 0.717) is 15.0 Å². The van der Waals surface area contributed by atoms with Gasteiger partial charge in [0.2, 0.25) is 0 Å². The zero-order chi connectivity index (χ0) is 12.6. The molecule has 7 heteroatoms. The van der Waals surface area contributed by atoms with Crippen molar-refractivity contribution in [2.45, 2.75) is 0 Å². The van der Waals surface area contributed by atoms with Crippen molar-refractivity contribution in [1.82, 2.24) is 4.98 Å². The maximum Gasteiger partial charge on any atom is 0.357 e. The van der Waals surface area contributed by atoms with Crippen molar-refractivity contribution in [3.63, 3.8) is 0 Å². The lowest BCUT2D eigenvalue weighted by Gasteiger charge is -1.99. The summed E-state index contributed by atoms with van der Waals surface area (Å²) in [6.45, 7) is 0. The lowest BCUT2D eigenvalue weighted by atomic mass is 10.2. The second-order valence-electron chi connectivity index (χ2n) is 3.16. The Morgan fingerprint density at radius 3 is 2.82 bits per heavy atom. The van der Waals surface area contributed by atoms with E-state index >= 15 is 0 Å². The summed E-state index contributed by atoms with van der Waals surface area (Å²) in [5.41, 5.74) is 5.81. The first-order valence-electron chi connectivity index (χ1n) is 4.44. The quantitative estimate of drug-likeness (QED) is 0.893. The van der Waals surface area contributed by atoms with E-state index in [1.165, 1.54) is 18.2 Å². The van der Waals surface area contributed by atoms with Crippen molar-refractivity contribution in [2.24, 2.45) is 0 Å². The standard InChI is InChI=1S/C10H6BrFN2O2S/c11-6-2-1-4(12)3-5(6)9-14-7(10(15)16)8(13)17-9/h1-3H,13H2,(H,15,16). The molecule has 0 saturated heterocycles. The molecule has 4 nitrogen and oxygen atoms in total. The molecule has 17 heavy (non-hydrogen) atoms. The zero-order valence-corrected chi connectivity index (χ0v) is 10.7. The number of anilines is 1. The van der Waals surface area contributed by atoms with E-state index in [9.17, 15) is 9.18 Å². The first kappa shape index (κ1) is 12.0. The lowest BCUT2D eigenvalue weighted by molar-refractivity contribution is 0.0692. The largest absolute Gasteiger partial charge is 0.476 e. The van der Waals surface area contributed by atoms with E-state index in [1.807, 2.05) is 0 Å². The van der Waals surface area contributed by atoms with E-state index in [1.54, 1.807) is 0 Å². The smallest absolute Gasteiger partial charge is 0.357 e. The highest BCUT2D eigenvalue weighted by atomic mass is 79.9. The van der Waals surface area contributed by atoms with Crippen LogP contribution in [0.15, 0.2) is 22.7 Å². The first-order valence-corrected chi connectivity index (χ1v) is 6.05. The van der Waals surface area contributed by atoms with Gasteiger partial charge in [0.15, 0.2) is 5.69 Å². The van der Waals surface area contributed by atoms with Gasteiger partial charge in [0.05, 0.1) is 0 Å². The van der Waals surface area contributed by atoms with Crippen LogP contribution in [0, 0.1) is 5.82 Å². The van der Waals surface area contributed by atoms with Gasteiger partial charge in [-0.1, -0.05) is 27.3 Å². The molecule has 1 heterocycles. The molecule has 2 aromatic rings. The van der Waals surface area contributed by atoms with Crippen LogP contribution in [0.4, 0.5) is 9.39 Å². The summed E-state index contributed by atoms with van der Waals surface area (Å²) >= 11 is 4.26. The number of carbonyl (C=O) groups is 1. The van der Waals surface area contributed by atoms with Crippen LogP contribution in [0.3, 0.4) is 0 Å². The molecular weight excluding hydrogens is 311 g/mol. The Labute approximate surface area is 108 Å². The third kappa shape index (κ3) is 2.29. The summed E-state index contributed by atoms with van der Waals surface area (Å²) in [5, 5.41) is 9.30. The fraction of sp³-hybridized carbons (Fsp3) is 0. The number of aromatic nitrogens is 1. The summed E-state index contributed by atoms with van der Waals surface area (Å²) in [7, 11) is 0. The molecular formula is C10H6BrFN2O2S. The van der Waals surface area contributed by atoms with Crippen molar-refractivity contribution < 1.29 is 14.3 Å². The van der Waals surface area contributed by atoms with Crippen molar-refractivity contribution in [2.75, 3.05) is 5.73 Å². The third-order valence-corrected chi connectivity index (χ3v) is 3.62. The van der Waals surface area contributed by atoms with Crippen molar-refractivity contribution >= 4 is 38.2 Å². The summed E-state index contributed by atoms with van der Waals surface area (Å²) in [4.78, 5) is 14.7. The summed E-state index contributed by atoms with van der Waals surface area (Å²) in [6, 6.07) is 4.10. The minimum atomic E-state index is -1.20. The first-order chi connectivity index (χ1) is 7.99. The highest BCUT2D eigenvalue weighted by Gasteiger charge is 2.17. The Morgan fingerprint density at radius 1 is 1.53 bits per heavy atom. The number of hydrogen-bond donors (Lipinski definition) is 2. The van der Waals surface area contributed by atoms with Crippen LogP contribution in [0.5, 0.6) is 0 Å². The predicted molar refractivity (Wildman–Crippen MR) is 66.6 cm³/mol. The predicted octanol–water partition coefficient (Wildman–Crippen LogP) is 2.99. The molecule has 88 valence electrons. The Morgan fingerprint density at radius 2 is 2.24 bits per heavy atom. The van der Waals surface area contributed by atoms with E-state index in [-0.39, 0.29) is 10.7 Å². The summed E-state index contributed by atoms with van der Waals surface area (Å²) in [6.07, 6.45) is 0. The fourth-order valence-electron chi connectivity index (χ4n) is 1.26. The molecule has 1 aromatic carbocycles.